The third kappa shape index (κ3) is 5.09. The van der Waals surface area contributed by atoms with E-state index in [4.69, 9.17) is 0 Å². The van der Waals surface area contributed by atoms with Crippen LogP contribution < -0.4 is 5.32 Å². The second kappa shape index (κ2) is 9.01. The van der Waals surface area contributed by atoms with Crippen molar-refractivity contribution in [2.45, 2.75) is 29.8 Å². The van der Waals surface area contributed by atoms with Gasteiger partial charge in [-0.3, -0.25) is 9.89 Å². The minimum absolute atomic E-state index is 0.0353. The SMILES string of the molecule is Cc1nc(SCCNC(=O)[C@H]2CCCN(S(=O)(=O)c3ccc(F)cc3)C2)n[nH]1. The summed E-state index contributed by atoms with van der Waals surface area (Å²) in [6.45, 7) is 2.73. The highest BCUT2D eigenvalue weighted by Crippen LogP contribution is 2.24. The van der Waals surface area contributed by atoms with Crippen molar-refractivity contribution in [3.63, 3.8) is 0 Å². The average Bonchev–Trinajstić information content (AvgIpc) is 3.10. The van der Waals surface area contributed by atoms with Gasteiger partial charge in [0.15, 0.2) is 0 Å². The van der Waals surface area contributed by atoms with Gasteiger partial charge in [0, 0.05) is 25.4 Å². The Morgan fingerprint density at radius 1 is 1.39 bits per heavy atom. The zero-order valence-electron chi connectivity index (χ0n) is 15.4. The van der Waals surface area contributed by atoms with Gasteiger partial charge in [0.05, 0.1) is 10.8 Å². The van der Waals surface area contributed by atoms with E-state index in [0.29, 0.717) is 36.8 Å². The second-order valence-electron chi connectivity index (χ2n) is 6.50. The number of rotatable bonds is 7. The third-order valence-corrected chi connectivity index (χ3v) is 7.14. The number of aromatic amines is 1. The lowest BCUT2D eigenvalue weighted by molar-refractivity contribution is -0.125. The molecule has 1 aliphatic rings. The zero-order valence-corrected chi connectivity index (χ0v) is 17.0. The molecule has 2 heterocycles. The molecule has 1 amide bonds. The summed E-state index contributed by atoms with van der Waals surface area (Å²) in [4.78, 5) is 16.6. The molecule has 11 heteroatoms. The van der Waals surface area contributed by atoms with Gasteiger partial charge >= 0.3 is 0 Å². The van der Waals surface area contributed by atoms with Crippen LogP contribution in [-0.2, 0) is 14.8 Å². The Bertz CT molecular complexity index is 917. The summed E-state index contributed by atoms with van der Waals surface area (Å²) in [6.07, 6.45) is 1.23. The molecule has 0 aliphatic carbocycles. The Morgan fingerprint density at radius 3 is 2.82 bits per heavy atom. The van der Waals surface area contributed by atoms with Gasteiger partial charge in [0.25, 0.3) is 0 Å². The molecular formula is C17H22FN5O3S2. The van der Waals surface area contributed by atoms with Crippen LogP contribution in [0.4, 0.5) is 4.39 Å². The number of hydrogen-bond acceptors (Lipinski definition) is 6. The van der Waals surface area contributed by atoms with Crippen LogP contribution in [0.2, 0.25) is 0 Å². The summed E-state index contributed by atoms with van der Waals surface area (Å²) in [5.41, 5.74) is 0. The van der Waals surface area contributed by atoms with Crippen LogP contribution in [0.25, 0.3) is 0 Å². The lowest BCUT2D eigenvalue weighted by atomic mass is 9.99. The molecule has 2 N–H and O–H groups in total. The monoisotopic (exact) mass is 427 g/mol. The molecule has 3 rings (SSSR count). The highest BCUT2D eigenvalue weighted by Gasteiger charge is 2.33. The summed E-state index contributed by atoms with van der Waals surface area (Å²) in [5.74, 6) is 0.294. The van der Waals surface area contributed by atoms with E-state index < -0.39 is 21.8 Å². The van der Waals surface area contributed by atoms with E-state index in [0.717, 1.165) is 18.0 Å². The number of thioether (sulfide) groups is 1. The van der Waals surface area contributed by atoms with Crippen LogP contribution in [0.3, 0.4) is 0 Å². The number of halogens is 1. The van der Waals surface area contributed by atoms with Crippen molar-refractivity contribution in [3.05, 3.63) is 35.9 Å². The Morgan fingerprint density at radius 2 is 2.14 bits per heavy atom. The topological polar surface area (TPSA) is 108 Å². The number of carbonyl (C=O) groups excluding carboxylic acids is 1. The molecule has 0 spiro atoms. The first-order chi connectivity index (χ1) is 13.4. The van der Waals surface area contributed by atoms with E-state index in [2.05, 4.69) is 20.5 Å². The maximum Gasteiger partial charge on any atom is 0.243 e. The van der Waals surface area contributed by atoms with Gasteiger partial charge in [-0.2, -0.15) is 4.31 Å². The molecule has 1 atom stereocenters. The van der Waals surface area contributed by atoms with Gasteiger partial charge in [-0.1, -0.05) is 11.8 Å². The quantitative estimate of drug-likeness (QED) is 0.513. The number of sulfonamides is 1. The molecule has 0 saturated carbocycles. The number of aryl methyl sites for hydroxylation is 1. The van der Waals surface area contributed by atoms with Crippen molar-refractivity contribution in [1.82, 2.24) is 24.8 Å². The van der Waals surface area contributed by atoms with Gasteiger partial charge < -0.3 is 5.32 Å². The molecule has 1 saturated heterocycles. The number of benzene rings is 1. The van der Waals surface area contributed by atoms with Crippen molar-refractivity contribution in [3.8, 4) is 0 Å². The third-order valence-electron chi connectivity index (χ3n) is 4.42. The van der Waals surface area contributed by atoms with Gasteiger partial charge in [0.2, 0.25) is 21.1 Å². The molecule has 0 bridgehead atoms. The van der Waals surface area contributed by atoms with Crippen LogP contribution in [0, 0.1) is 18.7 Å². The van der Waals surface area contributed by atoms with E-state index in [1.807, 2.05) is 6.92 Å². The maximum atomic E-state index is 13.1. The zero-order chi connectivity index (χ0) is 20.1. The van der Waals surface area contributed by atoms with Gasteiger partial charge in [0.1, 0.15) is 11.6 Å². The van der Waals surface area contributed by atoms with Crippen LogP contribution >= 0.6 is 11.8 Å². The van der Waals surface area contributed by atoms with Crippen molar-refractivity contribution in [1.29, 1.82) is 0 Å². The summed E-state index contributed by atoms with van der Waals surface area (Å²) in [7, 11) is -3.74. The van der Waals surface area contributed by atoms with E-state index in [-0.39, 0.29) is 17.3 Å². The molecule has 0 radical (unpaired) electrons. The molecule has 1 aromatic heterocycles. The number of nitrogens with one attached hydrogen (secondary N) is 2. The van der Waals surface area contributed by atoms with Crippen LogP contribution in [-0.4, -0.2) is 59.2 Å². The average molecular weight is 428 g/mol. The van der Waals surface area contributed by atoms with Crippen molar-refractivity contribution >= 4 is 27.7 Å². The molecule has 152 valence electrons. The predicted octanol–water partition coefficient (Wildman–Crippen LogP) is 1.56. The minimum Gasteiger partial charge on any atom is -0.355 e. The Hall–Kier alpha value is -1.98. The number of carbonyl (C=O) groups is 1. The number of hydrogen-bond donors (Lipinski definition) is 2. The molecule has 8 nitrogen and oxygen atoms in total. The van der Waals surface area contributed by atoms with Gasteiger partial charge in [-0.25, -0.2) is 17.8 Å². The Kier molecular flexibility index (Phi) is 6.68. The predicted molar refractivity (Wildman–Crippen MR) is 103 cm³/mol. The van der Waals surface area contributed by atoms with E-state index in [9.17, 15) is 17.6 Å². The lowest BCUT2D eigenvalue weighted by Crippen LogP contribution is -2.45. The molecule has 2 aromatic rings. The van der Waals surface area contributed by atoms with E-state index in [1.165, 1.54) is 28.2 Å². The number of H-pyrrole nitrogens is 1. The molecule has 1 aliphatic heterocycles. The summed E-state index contributed by atoms with van der Waals surface area (Å²) in [6, 6.07) is 4.73. The number of amides is 1. The van der Waals surface area contributed by atoms with Crippen molar-refractivity contribution in [2.24, 2.45) is 5.92 Å². The van der Waals surface area contributed by atoms with Gasteiger partial charge in [-0.05, 0) is 44.0 Å². The number of aromatic nitrogens is 3. The summed E-state index contributed by atoms with van der Waals surface area (Å²) < 4.78 is 39.8. The first-order valence-corrected chi connectivity index (χ1v) is 11.3. The highest BCUT2D eigenvalue weighted by molar-refractivity contribution is 7.99. The van der Waals surface area contributed by atoms with E-state index in [1.54, 1.807) is 0 Å². The standard InChI is InChI=1S/C17H22FN5O3S2/c1-12-20-17(22-21-12)27-10-8-19-16(24)13-3-2-9-23(11-13)28(25,26)15-6-4-14(18)5-7-15/h4-7,13H,2-3,8-11H2,1H3,(H,19,24)(H,20,21,22)/t13-/m0/s1. The minimum atomic E-state index is -3.74. The van der Waals surface area contributed by atoms with Gasteiger partial charge in [-0.15, -0.1) is 5.10 Å². The first-order valence-electron chi connectivity index (χ1n) is 8.91. The first kappa shape index (κ1) is 20.7. The fourth-order valence-corrected chi connectivity index (χ4v) is 5.20. The highest BCUT2D eigenvalue weighted by atomic mass is 32.2. The Balaban J connectivity index is 1.52. The smallest absolute Gasteiger partial charge is 0.243 e. The van der Waals surface area contributed by atoms with E-state index >= 15 is 0 Å². The van der Waals surface area contributed by atoms with Crippen LogP contribution in [0.15, 0.2) is 34.3 Å². The lowest BCUT2D eigenvalue weighted by Gasteiger charge is -2.31. The van der Waals surface area contributed by atoms with Crippen molar-refractivity contribution < 1.29 is 17.6 Å². The van der Waals surface area contributed by atoms with Crippen molar-refractivity contribution in [2.75, 3.05) is 25.4 Å². The molecule has 1 fully saturated rings. The molecular weight excluding hydrogens is 405 g/mol. The number of nitrogens with zero attached hydrogens (tertiary/aromatic N) is 3. The van der Waals surface area contributed by atoms with Crippen LogP contribution in [0.1, 0.15) is 18.7 Å². The number of piperidine rings is 1. The molecule has 0 unspecified atom stereocenters. The van der Waals surface area contributed by atoms with Crippen LogP contribution in [0.5, 0.6) is 0 Å². The molecule has 1 aromatic carbocycles. The fourth-order valence-electron chi connectivity index (χ4n) is 2.98. The fraction of sp³-hybridized carbons (Fsp3) is 0.471. The maximum absolute atomic E-state index is 13.1. The molecule has 28 heavy (non-hydrogen) atoms. The normalized spacial score (nSPS) is 18.1. The largest absolute Gasteiger partial charge is 0.355 e. The summed E-state index contributed by atoms with van der Waals surface area (Å²) in [5, 5.41) is 10.2. The Labute approximate surface area is 167 Å². The summed E-state index contributed by atoms with van der Waals surface area (Å²) >= 11 is 1.43. The second-order valence-corrected chi connectivity index (χ2v) is 9.50.